The van der Waals surface area contributed by atoms with Crippen molar-refractivity contribution in [3.8, 4) is 11.3 Å². The number of nitrogens with zero attached hydrogens (tertiary/aromatic N) is 4. The molecule has 0 saturated carbocycles. The molecule has 2 aromatic heterocycles. The van der Waals surface area contributed by atoms with E-state index in [1.165, 1.54) is 4.90 Å². The fraction of sp³-hybridized carbons (Fsp3) is 0.529. The minimum Gasteiger partial charge on any atom is -0.359 e. The molecule has 3 amide bonds. The Morgan fingerprint density at radius 2 is 2.00 bits per heavy atom. The lowest BCUT2D eigenvalue weighted by atomic mass is 9.75. The van der Waals surface area contributed by atoms with Gasteiger partial charge in [-0.1, -0.05) is 25.9 Å². The van der Waals surface area contributed by atoms with Gasteiger partial charge in [0, 0.05) is 24.4 Å². The van der Waals surface area contributed by atoms with Crippen LogP contribution in [0, 0.1) is 12.3 Å². The summed E-state index contributed by atoms with van der Waals surface area (Å²) >= 11 is 0. The molecule has 25 heavy (non-hydrogen) atoms. The van der Waals surface area contributed by atoms with E-state index >= 15 is 0 Å². The monoisotopic (exact) mass is 345 g/mol. The van der Waals surface area contributed by atoms with Crippen LogP contribution in [0.2, 0.25) is 0 Å². The molecular weight excluding hydrogens is 322 g/mol. The minimum atomic E-state index is -0.952. The van der Waals surface area contributed by atoms with Gasteiger partial charge in [0.25, 0.3) is 5.91 Å². The highest BCUT2D eigenvalue weighted by atomic mass is 16.5. The molecule has 0 bridgehead atoms. The highest BCUT2D eigenvalue weighted by molar-refractivity contribution is 6.07. The largest absolute Gasteiger partial charge is 0.359 e. The molecule has 1 N–H and O–H groups in total. The Hall–Kier alpha value is -2.64. The molecule has 1 saturated heterocycles. The maximum absolute atomic E-state index is 12.8. The van der Waals surface area contributed by atoms with E-state index in [-0.39, 0.29) is 12.5 Å². The van der Waals surface area contributed by atoms with Gasteiger partial charge >= 0.3 is 6.03 Å². The van der Waals surface area contributed by atoms with Gasteiger partial charge in [-0.15, -0.1) is 0 Å². The molecule has 0 spiro atoms. The molecule has 2 aromatic rings. The van der Waals surface area contributed by atoms with Crippen molar-refractivity contribution < 1.29 is 14.1 Å². The zero-order valence-corrected chi connectivity index (χ0v) is 15.4. The van der Waals surface area contributed by atoms with E-state index < -0.39 is 17.0 Å². The molecule has 0 unspecified atom stereocenters. The van der Waals surface area contributed by atoms with Crippen molar-refractivity contribution in [3.05, 3.63) is 23.7 Å². The van der Waals surface area contributed by atoms with Crippen molar-refractivity contribution in [1.29, 1.82) is 0 Å². The molecule has 8 heteroatoms. The molecule has 0 radical (unpaired) electrons. The quantitative estimate of drug-likeness (QED) is 0.861. The highest BCUT2D eigenvalue weighted by Crippen LogP contribution is 2.36. The summed E-state index contributed by atoms with van der Waals surface area (Å²) in [5.41, 5.74) is 1.08. The summed E-state index contributed by atoms with van der Waals surface area (Å²) < 4.78 is 7.08. The maximum Gasteiger partial charge on any atom is 0.325 e. The zero-order chi connectivity index (χ0) is 18.6. The Balaban J connectivity index is 1.83. The number of rotatable bonds is 3. The van der Waals surface area contributed by atoms with Gasteiger partial charge in [-0.05, 0) is 19.3 Å². The van der Waals surface area contributed by atoms with Gasteiger partial charge < -0.3 is 9.84 Å². The Morgan fingerprint density at radius 3 is 2.52 bits per heavy atom. The Kier molecular flexibility index (Phi) is 3.74. The second kappa shape index (κ2) is 5.44. The molecule has 3 heterocycles. The first kappa shape index (κ1) is 17.2. The summed E-state index contributed by atoms with van der Waals surface area (Å²) in [7, 11) is 1.85. The van der Waals surface area contributed by atoms with Gasteiger partial charge in [-0.25, -0.2) is 4.79 Å². The Morgan fingerprint density at radius 1 is 1.32 bits per heavy atom. The van der Waals surface area contributed by atoms with E-state index in [0.717, 1.165) is 11.3 Å². The summed E-state index contributed by atoms with van der Waals surface area (Å²) in [5.74, 6) is 0.181. The summed E-state index contributed by atoms with van der Waals surface area (Å²) in [4.78, 5) is 26.3. The summed E-state index contributed by atoms with van der Waals surface area (Å²) in [6.45, 7) is 9.49. The molecule has 3 rings (SSSR count). The van der Waals surface area contributed by atoms with Crippen molar-refractivity contribution in [2.24, 2.45) is 12.5 Å². The number of carbonyl (C=O) groups excluding carboxylic acids is 2. The number of hydrogen-bond donors (Lipinski definition) is 1. The zero-order valence-electron chi connectivity index (χ0n) is 15.4. The van der Waals surface area contributed by atoms with Crippen LogP contribution in [0.15, 0.2) is 16.8 Å². The predicted molar refractivity (Wildman–Crippen MR) is 90.4 cm³/mol. The number of hydrogen-bond acceptors (Lipinski definition) is 5. The van der Waals surface area contributed by atoms with E-state index in [1.807, 2.05) is 34.7 Å². The first-order valence-corrected chi connectivity index (χ1v) is 8.13. The van der Waals surface area contributed by atoms with Crippen LogP contribution in [-0.4, -0.2) is 37.3 Å². The fourth-order valence-electron chi connectivity index (χ4n) is 2.77. The number of imide groups is 1. The normalized spacial score (nSPS) is 21.1. The van der Waals surface area contributed by atoms with E-state index in [1.54, 1.807) is 23.9 Å². The summed E-state index contributed by atoms with van der Waals surface area (Å²) in [5, 5.41) is 11.0. The minimum absolute atomic E-state index is 0.0443. The summed E-state index contributed by atoms with van der Waals surface area (Å²) in [6, 6.07) is 1.31. The van der Waals surface area contributed by atoms with Crippen LogP contribution in [0.1, 0.15) is 39.1 Å². The second-order valence-electron chi connectivity index (χ2n) is 7.64. The first-order chi connectivity index (χ1) is 11.5. The van der Waals surface area contributed by atoms with Gasteiger partial charge in [0.05, 0.1) is 12.7 Å². The van der Waals surface area contributed by atoms with Crippen LogP contribution >= 0.6 is 0 Å². The van der Waals surface area contributed by atoms with Crippen LogP contribution in [0.4, 0.5) is 4.79 Å². The van der Waals surface area contributed by atoms with Gasteiger partial charge in [-0.2, -0.15) is 5.10 Å². The standard InChI is InChI=1S/C17H23N5O3/c1-10-12(8-18-21(10)6)13-7-11(25-20-13)9-22-14(23)17(5,16(2,3)4)19-15(22)24/h7-8H,9H2,1-6H3,(H,19,24)/t17-/m0/s1. The number of carbonyl (C=O) groups is 2. The van der Waals surface area contributed by atoms with Crippen molar-refractivity contribution >= 4 is 11.9 Å². The number of nitrogens with one attached hydrogen (secondary N) is 1. The van der Waals surface area contributed by atoms with E-state index in [4.69, 9.17) is 4.52 Å². The first-order valence-electron chi connectivity index (χ1n) is 8.13. The topological polar surface area (TPSA) is 93.3 Å². The lowest BCUT2D eigenvalue weighted by Crippen LogP contribution is -2.54. The van der Waals surface area contributed by atoms with Crippen LogP contribution < -0.4 is 5.32 Å². The molecule has 0 aromatic carbocycles. The lowest BCUT2D eigenvalue weighted by molar-refractivity contribution is -0.134. The van der Waals surface area contributed by atoms with Gasteiger partial charge in [-0.3, -0.25) is 14.4 Å². The molecular formula is C17H23N5O3. The van der Waals surface area contributed by atoms with Crippen LogP contribution in [0.5, 0.6) is 0 Å². The lowest BCUT2D eigenvalue weighted by Gasteiger charge is -2.35. The van der Waals surface area contributed by atoms with E-state index in [9.17, 15) is 9.59 Å². The van der Waals surface area contributed by atoms with E-state index in [0.29, 0.717) is 11.5 Å². The van der Waals surface area contributed by atoms with Crippen molar-refractivity contribution in [2.45, 2.75) is 46.7 Å². The fourth-order valence-corrected chi connectivity index (χ4v) is 2.77. The smallest absolute Gasteiger partial charge is 0.325 e. The third kappa shape index (κ3) is 2.61. The van der Waals surface area contributed by atoms with Gasteiger partial charge in [0.2, 0.25) is 0 Å². The number of urea groups is 1. The predicted octanol–water partition coefficient (Wildman–Crippen LogP) is 2.24. The third-order valence-corrected chi connectivity index (χ3v) is 5.16. The molecule has 134 valence electrons. The molecule has 1 fully saturated rings. The number of aromatic nitrogens is 3. The summed E-state index contributed by atoms with van der Waals surface area (Å²) in [6.07, 6.45) is 1.71. The molecule has 8 nitrogen and oxygen atoms in total. The number of amides is 3. The van der Waals surface area contributed by atoms with Gasteiger partial charge in [0.1, 0.15) is 11.2 Å². The average molecular weight is 345 g/mol. The second-order valence-corrected chi connectivity index (χ2v) is 7.64. The van der Waals surface area contributed by atoms with Crippen LogP contribution in [-0.2, 0) is 18.4 Å². The van der Waals surface area contributed by atoms with Crippen molar-refractivity contribution in [1.82, 2.24) is 25.2 Å². The van der Waals surface area contributed by atoms with Crippen LogP contribution in [0.25, 0.3) is 11.3 Å². The molecule has 1 aliphatic rings. The SMILES string of the molecule is Cc1c(-c2cc(CN3C(=O)N[C@](C)(C(C)(C)C)C3=O)on2)cnn1C. The Bertz CT molecular complexity index is 845. The molecule has 0 aliphatic carbocycles. The Labute approximate surface area is 146 Å². The average Bonchev–Trinajstić information content (AvgIpc) is 3.15. The molecule has 1 atom stereocenters. The third-order valence-electron chi connectivity index (χ3n) is 5.16. The van der Waals surface area contributed by atoms with Crippen molar-refractivity contribution in [2.75, 3.05) is 0 Å². The molecule has 1 aliphatic heterocycles. The van der Waals surface area contributed by atoms with Crippen molar-refractivity contribution in [3.63, 3.8) is 0 Å². The maximum atomic E-state index is 12.8. The van der Waals surface area contributed by atoms with Gasteiger partial charge in [0.15, 0.2) is 5.76 Å². The van der Waals surface area contributed by atoms with E-state index in [2.05, 4.69) is 15.6 Å². The highest BCUT2D eigenvalue weighted by Gasteiger charge is 2.54. The number of aryl methyl sites for hydroxylation is 1. The van der Waals surface area contributed by atoms with Crippen LogP contribution in [0.3, 0.4) is 0 Å².